The van der Waals surface area contributed by atoms with E-state index in [1.54, 1.807) is 26.1 Å². The fourth-order valence-corrected chi connectivity index (χ4v) is 3.07. The van der Waals surface area contributed by atoms with Crippen molar-refractivity contribution >= 4 is 23.3 Å². The molecule has 3 rings (SSSR count). The van der Waals surface area contributed by atoms with Crippen molar-refractivity contribution in [1.29, 1.82) is 0 Å². The van der Waals surface area contributed by atoms with E-state index in [0.717, 1.165) is 25.2 Å². The number of nitrogens with zero attached hydrogens (tertiary/aromatic N) is 3. The maximum Gasteiger partial charge on any atom is 0.261 e. The topological polar surface area (TPSA) is 114 Å². The second-order valence-corrected chi connectivity index (χ2v) is 6.25. The van der Waals surface area contributed by atoms with Gasteiger partial charge in [0.1, 0.15) is 17.1 Å². The van der Waals surface area contributed by atoms with Gasteiger partial charge in [-0.15, -0.1) is 0 Å². The van der Waals surface area contributed by atoms with E-state index in [4.69, 9.17) is 10.3 Å². The minimum absolute atomic E-state index is 0.144. The predicted molar refractivity (Wildman–Crippen MR) is 92.3 cm³/mol. The predicted octanol–water partition coefficient (Wildman–Crippen LogP) is 1.64. The van der Waals surface area contributed by atoms with Crippen molar-refractivity contribution in [2.24, 2.45) is 11.7 Å². The third-order valence-electron chi connectivity index (χ3n) is 4.41. The van der Waals surface area contributed by atoms with E-state index in [0.29, 0.717) is 29.2 Å². The fourth-order valence-electron chi connectivity index (χ4n) is 3.07. The van der Waals surface area contributed by atoms with Crippen LogP contribution < -0.4 is 16.0 Å². The number of carbonyl (C=O) groups excluding carboxylic acids is 2. The summed E-state index contributed by atoms with van der Waals surface area (Å²) in [6, 6.07) is 3.61. The van der Waals surface area contributed by atoms with Crippen molar-refractivity contribution in [3.05, 3.63) is 35.3 Å². The number of nitrogens with two attached hydrogens (primary N) is 1. The highest BCUT2D eigenvalue weighted by Crippen LogP contribution is 2.23. The Balaban J connectivity index is 1.68. The lowest BCUT2D eigenvalue weighted by atomic mass is 9.97. The van der Waals surface area contributed by atoms with E-state index in [2.05, 4.69) is 15.5 Å². The Hall–Kier alpha value is -2.90. The van der Waals surface area contributed by atoms with Crippen LogP contribution in [0.4, 0.5) is 11.5 Å². The van der Waals surface area contributed by atoms with E-state index in [1.165, 1.54) is 0 Å². The van der Waals surface area contributed by atoms with Crippen molar-refractivity contribution in [3.8, 4) is 0 Å². The number of pyridine rings is 1. The summed E-state index contributed by atoms with van der Waals surface area (Å²) in [5.74, 6) is 0.548. The molecule has 8 heteroatoms. The van der Waals surface area contributed by atoms with Crippen LogP contribution in [0.1, 0.15) is 34.7 Å². The number of piperidine rings is 1. The molecule has 0 bridgehead atoms. The van der Waals surface area contributed by atoms with Crippen molar-refractivity contribution in [3.63, 3.8) is 0 Å². The van der Waals surface area contributed by atoms with Gasteiger partial charge in [0.2, 0.25) is 5.91 Å². The molecule has 0 spiro atoms. The number of aromatic nitrogens is 2. The van der Waals surface area contributed by atoms with Crippen LogP contribution in [0.3, 0.4) is 0 Å². The third-order valence-corrected chi connectivity index (χ3v) is 4.41. The van der Waals surface area contributed by atoms with Crippen LogP contribution in [0.15, 0.2) is 22.9 Å². The molecular weight excluding hydrogens is 322 g/mol. The van der Waals surface area contributed by atoms with E-state index >= 15 is 0 Å². The van der Waals surface area contributed by atoms with Crippen molar-refractivity contribution in [1.82, 2.24) is 10.1 Å². The van der Waals surface area contributed by atoms with Crippen LogP contribution >= 0.6 is 0 Å². The number of hydrogen-bond donors (Lipinski definition) is 2. The molecule has 2 aromatic rings. The molecule has 1 aliphatic heterocycles. The molecule has 1 unspecified atom stereocenters. The van der Waals surface area contributed by atoms with Gasteiger partial charge in [-0.25, -0.2) is 4.98 Å². The fraction of sp³-hybridized carbons (Fsp3) is 0.412. The van der Waals surface area contributed by atoms with Crippen molar-refractivity contribution in [2.45, 2.75) is 26.7 Å². The molecule has 1 aliphatic rings. The van der Waals surface area contributed by atoms with E-state index < -0.39 is 0 Å². The van der Waals surface area contributed by atoms with Crippen molar-refractivity contribution in [2.75, 3.05) is 23.3 Å². The first-order chi connectivity index (χ1) is 12.0. The average molecular weight is 343 g/mol. The van der Waals surface area contributed by atoms with Gasteiger partial charge in [0.15, 0.2) is 0 Å². The second-order valence-electron chi connectivity index (χ2n) is 6.25. The zero-order chi connectivity index (χ0) is 18.0. The molecule has 0 aliphatic carbocycles. The molecule has 3 N–H and O–H groups in total. The summed E-state index contributed by atoms with van der Waals surface area (Å²) in [4.78, 5) is 30.1. The van der Waals surface area contributed by atoms with Gasteiger partial charge in [-0.2, -0.15) is 0 Å². The molecule has 1 atom stereocenters. The smallest absolute Gasteiger partial charge is 0.261 e. The molecule has 0 aromatic carbocycles. The van der Waals surface area contributed by atoms with Gasteiger partial charge in [-0.1, -0.05) is 5.16 Å². The number of carbonyl (C=O) groups is 2. The molecule has 3 heterocycles. The number of amides is 2. The Labute approximate surface area is 145 Å². The Bertz CT molecular complexity index is 765. The van der Waals surface area contributed by atoms with Gasteiger partial charge in [-0.05, 0) is 38.8 Å². The van der Waals surface area contributed by atoms with E-state index in [-0.39, 0.29) is 17.7 Å². The first-order valence-corrected chi connectivity index (χ1v) is 8.20. The number of nitrogens with one attached hydrogen (secondary N) is 1. The quantitative estimate of drug-likeness (QED) is 0.872. The summed E-state index contributed by atoms with van der Waals surface area (Å²) in [6.45, 7) is 4.83. The molecule has 8 nitrogen and oxygen atoms in total. The molecule has 132 valence electrons. The lowest BCUT2D eigenvalue weighted by Crippen LogP contribution is -2.41. The van der Waals surface area contributed by atoms with Gasteiger partial charge >= 0.3 is 0 Å². The zero-order valence-electron chi connectivity index (χ0n) is 14.3. The average Bonchev–Trinajstić information content (AvgIpc) is 2.94. The highest BCUT2D eigenvalue weighted by molar-refractivity contribution is 6.05. The number of aryl methyl sites for hydroxylation is 2. The van der Waals surface area contributed by atoms with Crippen LogP contribution in [0.5, 0.6) is 0 Å². The number of primary amides is 1. The standard InChI is InChI=1S/C17H21N5O3/c1-10-15(11(2)25-21-10)17(24)20-13-5-6-14(19-8-13)22-7-3-4-12(9-22)16(18)23/h5-6,8,12H,3-4,7,9H2,1-2H3,(H2,18,23)(H,20,24). The summed E-state index contributed by atoms with van der Waals surface area (Å²) in [5, 5.41) is 6.57. The van der Waals surface area contributed by atoms with Crippen LogP contribution in [0.2, 0.25) is 0 Å². The molecule has 2 aromatic heterocycles. The molecule has 0 saturated carbocycles. The first kappa shape index (κ1) is 16.9. The van der Waals surface area contributed by atoms with Crippen molar-refractivity contribution < 1.29 is 14.1 Å². The Kier molecular flexibility index (Phi) is 4.69. The highest BCUT2D eigenvalue weighted by atomic mass is 16.5. The molecule has 0 radical (unpaired) electrons. The van der Waals surface area contributed by atoms with Gasteiger partial charge in [0.05, 0.1) is 23.5 Å². The number of anilines is 2. The molecular formula is C17H21N5O3. The zero-order valence-corrected chi connectivity index (χ0v) is 14.3. The molecule has 1 fully saturated rings. The van der Waals surface area contributed by atoms with E-state index in [1.807, 2.05) is 11.0 Å². The second kappa shape index (κ2) is 6.92. The minimum Gasteiger partial charge on any atom is -0.369 e. The number of rotatable bonds is 4. The SMILES string of the molecule is Cc1noc(C)c1C(=O)Nc1ccc(N2CCCC(C(N)=O)C2)nc1. The maximum atomic E-state index is 12.3. The first-order valence-electron chi connectivity index (χ1n) is 8.20. The third kappa shape index (κ3) is 3.62. The highest BCUT2D eigenvalue weighted by Gasteiger charge is 2.24. The Morgan fingerprint density at radius 3 is 2.76 bits per heavy atom. The minimum atomic E-state index is -0.280. The lowest BCUT2D eigenvalue weighted by molar-refractivity contribution is -0.122. The Morgan fingerprint density at radius 2 is 2.16 bits per heavy atom. The maximum absolute atomic E-state index is 12.3. The summed E-state index contributed by atoms with van der Waals surface area (Å²) in [7, 11) is 0. The van der Waals surface area contributed by atoms with Gasteiger partial charge in [0.25, 0.3) is 5.91 Å². The Morgan fingerprint density at radius 1 is 1.36 bits per heavy atom. The van der Waals surface area contributed by atoms with Gasteiger partial charge < -0.3 is 20.5 Å². The lowest BCUT2D eigenvalue weighted by Gasteiger charge is -2.32. The van der Waals surface area contributed by atoms with E-state index in [9.17, 15) is 9.59 Å². The van der Waals surface area contributed by atoms with Crippen LogP contribution in [-0.2, 0) is 4.79 Å². The summed E-state index contributed by atoms with van der Waals surface area (Å²) < 4.78 is 5.01. The monoisotopic (exact) mass is 343 g/mol. The molecule has 2 amide bonds. The normalized spacial score (nSPS) is 17.4. The summed E-state index contributed by atoms with van der Waals surface area (Å²) in [6.07, 6.45) is 3.32. The van der Waals surface area contributed by atoms with Gasteiger partial charge in [-0.3, -0.25) is 9.59 Å². The molecule has 1 saturated heterocycles. The van der Waals surface area contributed by atoms with Crippen LogP contribution in [0.25, 0.3) is 0 Å². The summed E-state index contributed by atoms with van der Waals surface area (Å²) in [5.41, 5.74) is 6.97. The summed E-state index contributed by atoms with van der Waals surface area (Å²) >= 11 is 0. The largest absolute Gasteiger partial charge is 0.369 e. The number of hydrogen-bond acceptors (Lipinski definition) is 6. The van der Waals surface area contributed by atoms with Crippen LogP contribution in [0, 0.1) is 19.8 Å². The van der Waals surface area contributed by atoms with Gasteiger partial charge in [0, 0.05) is 13.1 Å². The molecule has 25 heavy (non-hydrogen) atoms. The van der Waals surface area contributed by atoms with Crippen LogP contribution in [-0.4, -0.2) is 35.0 Å².